The molecule has 2 saturated heterocycles. The number of anilines is 1. The Bertz CT molecular complexity index is 862. The molecule has 4 rings (SSSR count). The van der Waals surface area contributed by atoms with Crippen LogP contribution in [0.4, 0.5) is 5.69 Å². The quantitative estimate of drug-likeness (QED) is 0.795. The first-order chi connectivity index (χ1) is 13.1. The SMILES string of the molecule is Cl.O=C(Nc1ccc(Cl)cc1)c1nccnc1C(=O)N1CCC2CCC(C1)N2. The minimum absolute atomic E-state index is 0. The van der Waals surface area contributed by atoms with E-state index in [9.17, 15) is 9.59 Å². The lowest BCUT2D eigenvalue weighted by atomic mass is 10.1. The molecule has 9 heteroatoms. The first-order valence-corrected chi connectivity index (χ1v) is 9.41. The summed E-state index contributed by atoms with van der Waals surface area (Å²) in [6.07, 6.45) is 5.99. The maximum atomic E-state index is 13.0. The van der Waals surface area contributed by atoms with Crippen molar-refractivity contribution < 1.29 is 9.59 Å². The molecule has 2 unspecified atom stereocenters. The van der Waals surface area contributed by atoms with E-state index in [2.05, 4.69) is 20.6 Å². The Morgan fingerprint density at radius 1 is 1.04 bits per heavy atom. The zero-order valence-corrected chi connectivity index (χ0v) is 16.7. The number of nitrogens with one attached hydrogen (secondary N) is 2. The fourth-order valence-electron chi connectivity index (χ4n) is 3.66. The van der Waals surface area contributed by atoms with Gasteiger partial charge in [-0.1, -0.05) is 11.6 Å². The highest BCUT2D eigenvalue weighted by Crippen LogP contribution is 2.22. The fraction of sp³-hybridized carbons (Fsp3) is 0.368. The van der Waals surface area contributed by atoms with Crippen LogP contribution in [0.2, 0.25) is 5.02 Å². The topological polar surface area (TPSA) is 87.2 Å². The summed E-state index contributed by atoms with van der Waals surface area (Å²) in [7, 11) is 0. The predicted octanol–water partition coefficient (Wildman–Crippen LogP) is 2.77. The maximum absolute atomic E-state index is 13.0. The fourth-order valence-corrected chi connectivity index (χ4v) is 3.79. The molecule has 2 fully saturated rings. The molecule has 148 valence electrons. The highest BCUT2D eigenvalue weighted by atomic mass is 35.5. The number of carbonyl (C=O) groups excluding carboxylic acids is 2. The van der Waals surface area contributed by atoms with Crippen molar-refractivity contribution in [3.05, 3.63) is 53.1 Å². The van der Waals surface area contributed by atoms with Crippen LogP contribution in [-0.2, 0) is 0 Å². The molecule has 2 atom stereocenters. The average Bonchev–Trinajstić information content (AvgIpc) is 3.02. The van der Waals surface area contributed by atoms with Gasteiger partial charge in [0, 0.05) is 48.3 Å². The number of benzene rings is 1. The summed E-state index contributed by atoms with van der Waals surface area (Å²) in [5.41, 5.74) is 0.686. The van der Waals surface area contributed by atoms with Crippen molar-refractivity contribution in [2.45, 2.75) is 31.3 Å². The van der Waals surface area contributed by atoms with Crippen molar-refractivity contribution in [1.29, 1.82) is 0 Å². The van der Waals surface area contributed by atoms with Gasteiger partial charge in [0.25, 0.3) is 11.8 Å². The minimum Gasteiger partial charge on any atom is -0.336 e. The number of likely N-dealkylation sites (tertiary alicyclic amines) is 1. The second-order valence-corrected chi connectivity index (χ2v) is 7.33. The van der Waals surface area contributed by atoms with Crippen molar-refractivity contribution in [2.75, 3.05) is 18.4 Å². The molecule has 2 amide bonds. The van der Waals surface area contributed by atoms with Crippen molar-refractivity contribution in [3.63, 3.8) is 0 Å². The molecule has 2 aliphatic rings. The zero-order valence-electron chi connectivity index (χ0n) is 15.1. The number of amides is 2. The molecule has 2 bridgehead atoms. The van der Waals surface area contributed by atoms with Crippen LogP contribution in [0.25, 0.3) is 0 Å². The molecule has 1 aromatic heterocycles. The van der Waals surface area contributed by atoms with Gasteiger partial charge in [0.2, 0.25) is 0 Å². The van der Waals surface area contributed by atoms with Crippen LogP contribution in [0.1, 0.15) is 40.2 Å². The second-order valence-electron chi connectivity index (χ2n) is 6.89. The molecule has 0 radical (unpaired) electrons. The molecule has 1 aromatic carbocycles. The van der Waals surface area contributed by atoms with Gasteiger partial charge in [0.1, 0.15) is 0 Å². The van der Waals surface area contributed by atoms with E-state index >= 15 is 0 Å². The van der Waals surface area contributed by atoms with E-state index in [1.807, 2.05) is 0 Å². The Morgan fingerprint density at radius 2 is 1.71 bits per heavy atom. The Balaban J connectivity index is 0.00000225. The van der Waals surface area contributed by atoms with Gasteiger partial charge in [0.15, 0.2) is 11.4 Å². The van der Waals surface area contributed by atoms with E-state index in [1.165, 1.54) is 12.4 Å². The number of nitrogens with zero attached hydrogens (tertiary/aromatic N) is 3. The standard InChI is InChI=1S/C19H20ClN5O2.ClH/c20-12-1-3-13(4-2-12)24-18(26)16-17(22-9-8-21-16)19(27)25-10-7-14-5-6-15(11-25)23-14;/h1-4,8-9,14-15,23H,5-7,10-11H2,(H,24,26);1H. The first-order valence-electron chi connectivity index (χ1n) is 9.03. The van der Waals surface area contributed by atoms with Crippen LogP contribution in [0, 0.1) is 0 Å². The average molecular weight is 422 g/mol. The molecule has 0 saturated carbocycles. The second kappa shape index (κ2) is 8.86. The monoisotopic (exact) mass is 421 g/mol. The van der Waals surface area contributed by atoms with Crippen LogP contribution in [0.3, 0.4) is 0 Å². The predicted molar refractivity (Wildman–Crippen MR) is 109 cm³/mol. The van der Waals surface area contributed by atoms with E-state index in [-0.39, 0.29) is 29.7 Å². The normalized spacial score (nSPS) is 20.8. The molecule has 3 heterocycles. The summed E-state index contributed by atoms with van der Waals surface area (Å²) >= 11 is 5.87. The highest BCUT2D eigenvalue weighted by Gasteiger charge is 2.33. The van der Waals surface area contributed by atoms with Crippen molar-refractivity contribution in [2.24, 2.45) is 0 Å². The molecule has 0 spiro atoms. The summed E-state index contributed by atoms with van der Waals surface area (Å²) in [5.74, 6) is -0.720. The van der Waals surface area contributed by atoms with Crippen LogP contribution in [-0.4, -0.2) is 51.9 Å². The van der Waals surface area contributed by atoms with Crippen molar-refractivity contribution >= 4 is 41.5 Å². The number of aromatic nitrogens is 2. The van der Waals surface area contributed by atoms with Crippen LogP contribution in [0.15, 0.2) is 36.7 Å². The lowest BCUT2D eigenvalue weighted by Gasteiger charge is -2.24. The minimum atomic E-state index is -0.469. The van der Waals surface area contributed by atoms with E-state index in [1.54, 1.807) is 29.2 Å². The van der Waals surface area contributed by atoms with Gasteiger partial charge in [-0.15, -0.1) is 12.4 Å². The van der Waals surface area contributed by atoms with E-state index in [0.29, 0.717) is 35.9 Å². The molecule has 28 heavy (non-hydrogen) atoms. The summed E-state index contributed by atoms with van der Waals surface area (Å²) in [4.78, 5) is 35.8. The summed E-state index contributed by atoms with van der Waals surface area (Å²) in [5, 5.41) is 6.86. The van der Waals surface area contributed by atoms with Gasteiger partial charge >= 0.3 is 0 Å². The van der Waals surface area contributed by atoms with E-state index in [4.69, 9.17) is 11.6 Å². The smallest absolute Gasteiger partial charge is 0.276 e. The van der Waals surface area contributed by atoms with E-state index in [0.717, 1.165) is 19.3 Å². The molecule has 2 aliphatic heterocycles. The third-order valence-corrected chi connectivity index (χ3v) is 5.28. The summed E-state index contributed by atoms with van der Waals surface area (Å²) in [6, 6.07) is 7.52. The third-order valence-electron chi connectivity index (χ3n) is 5.03. The largest absolute Gasteiger partial charge is 0.336 e. The lowest BCUT2D eigenvalue weighted by molar-refractivity contribution is 0.0736. The molecule has 2 N–H and O–H groups in total. The van der Waals surface area contributed by atoms with Gasteiger partial charge in [-0.05, 0) is 43.5 Å². The van der Waals surface area contributed by atoms with Crippen molar-refractivity contribution in [3.8, 4) is 0 Å². The summed E-state index contributed by atoms with van der Waals surface area (Å²) in [6.45, 7) is 1.28. The molecule has 0 aliphatic carbocycles. The van der Waals surface area contributed by atoms with E-state index < -0.39 is 5.91 Å². The molecule has 7 nitrogen and oxygen atoms in total. The van der Waals surface area contributed by atoms with Gasteiger partial charge in [-0.3, -0.25) is 9.59 Å². The number of hydrogen-bond donors (Lipinski definition) is 2. The van der Waals surface area contributed by atoms with Crippen LogP contribution in [0.5, 0.6) is 0 Å². The highest BCUT2D eigenvalue weighted by molar-refractivity contribution is 6.30. The van der Waals surface area contributed by atoms with Crippen molar-refractivity contribution in [1.82, 2.24) is 20.2 Å². The number of fused-ring (bicyclic) bond motifs is 2. The lowest BCUT2D eigenvalue weighted by Crippen LogP contribution is -2.40. The Morgan fingerprint density at radius 3 is 2.46 bits per heavy atom. The summed E-state index contributed by atoms with van der Waals surface area (Å²) < 4.78 is 0. The first kappa shape index (κ1) is 20.5. The number of rotatable bonds is 3. The number of halogens is 2. The van der Waals surface area contributed by atoms with Gasteiger partial charge in [-0.25, -0.2) is 9.97 Å². The van der Waals surface area contributed by atoms with Gasteiger partial charge in [0.05, 0.1) is 0 Å². The Hall–Kier alpha value is -2.22. The van der Waals surface area contributed by atoms with Crippen LogP contribution >= 0.6 is 24.0 Å². The van der Waals surface area contributed by atoms with Crippen LogP contribution < -0.4 is 10.6 Å². The molecular formula is C19H21Cl2N5O2. The van der Waals surface area contributed by atoms with Gasteiger partial charge < -0.3 is 15.5 Å². The zero-order chi connectivity index (χ0) is 18.8. The number of hydrogen-bond acceptors (Lipinski definition) is 5. The molecule has 2 aromatic rings. The molecular weight excluding hydrogens is 401 g/mol. The third kappa shape index (κ3) is 4.43. The maximum Gasteiger partial charge on any atom is 0.276 e. The Labute approximate surface area is 174 Å². The van der Waals surface area contributed by atoms with Gasteiger partial charge in [-0.2, -0.15) is 0 Å². The Kier molecular flexibility index (Phi) is 6.49. The number of carbonyl (C=O) groups is 2.